The summed E-state index contributed by atoms with van der Waals surface area (Å²) >= 11 is 0. The zero-order valence-electron chi connectivity index (χ0n) is 11.5. The van der Waals surface area contributed by atoms with Gasteiger partial charge in [0, 0.05) is 6.54 Å². The summed E-state index contributed by atoms with van der Waals surface area (Å²) in [5.74, 6) is 0.608. The molecule has 1 saturated heterocycles. The van der Waals surface area contributed by atoms with Crippen molar-refractivity contribution < 1.29 is 9.59 Å². The molecule has 0 radical (unpaired) electrons. The van der Waals surface area contributed by atoms with Crippen molar-refractivity contribution in [2.24, 2.45) is 5.92 Å². The maximum absolute atomic E-state index is 12.7. The van der Waals surface area contributed by atoms with Gasteiger partial charge < -0.3 is 10.2 Å². The molecule has 3 fully saturated rings. The SMILES string of the molecule is C/C=C/CN1C(=O)C(C2CC2)NC(=O)C12CCCC2. The van der Waals surface area contributed by atoms with Gasteiger partial charge in [0.25, 0.3) is 0 Å². The number of allylic oxidation sites excluding steroid dienone is 1. The van der Waals surface area contributed by atoms with Crippen molar-refractivity contribution >= 4 is 11.8 Å². The van der Waals surface area contributed by atoms with Gasteiger partial charge in [0.15, 0.2) is 0 Å². The third-order valence-electron chi connectivity index (χ3n) is 4.81. The molecule has 4 nitrogen and oxygen atoms in total. The molecule has 2 amide bonds. The smallest absolute Gasteiger partial charge is 0.246 e. The number of amides is 2. The molecular formula is C15H22N2O2. The first-order valence-corrected chi connectivity index (χ1v) is 7.42. The zero-order valence-corrected chi connectivity index (χ0v) is 11.5. The van der Waals surface area contributed by atoms with E-state index in [2.05, 4.69) is 5.32 Å². The van der Waals surface area contributed by atoms with Crippen molar-refractivity contribution in [2.75, 3.05) is 6.54 Å². The van der Waals surface area contributed by atoms with E-state index in [4.69, 9.17) is 0 Å². The van der Waals surface area contributed by atoms with Crippen LogP contribution >= 0.6 is 0 Å². The van der Waals surface area contributed by atoms with Crippen LogP contribution in [0.15, 0.2) is 12.2 Å². The predicted molar refractivity (Wildman–Crippen MR) is 72.4 cm³/mol. The second kappa shape index (κ2) is 4.66. The zero-order chi connectivity index (χ0) is 13.5. The Hall–Kier alpha value is -1.32. The van der Waals surface area contributed by atoms with Gasteiger partial charge in [-0.15, -0.1) is 0 Å². The Labute approximate surface area is 114 Å². The van der Waals surface area contributed by atoms with Crippen LogP contribution in [0.4, 0.5) is 0 Å². The highest BCUT2D eigenvalue weighted by Gasteiger charge is 2.55. The first-order valence-electron chi connectivity index (χ1n) is 7.42. The molecular weight excluding hydrogens is 240 g/mol. The van der Waals surface area contributed by atoms with E-state index in [0.29, 0.717) is 12.5 Å². The molecule has 104 valence electrons. The molecule has 19 heavy (non-hydrogen) atoms. The summed E-state index contributed by atoms with van der Waals surface area (Å²) in [4.78, 5) is 27.1. The van der Waals surface area contributed by atoms with Gasteiger partial charge in [-0.3, -0.25) is 9.59 Å². The van der Waals surface area contributed by atoms with Crippen LogP contribution in [0, 0.1) is 5.92 Å². The number of carbonyl (C=O) groups is 2. The minimum atomic E-state index is -0.554. The molecule has 1 N–H and O–H groups in total. The van der Waals surface area contributed by atoms with Gasteiger partial charge in [-0.2, -0.15) is 0 Å². The summed E-state index contributed by atoms with van der Waals surface area (Å²) in [5.41, 5.74) is -0.554. The Morgan fingerprint density at radius 1 is 1.32 bits per heavy atom. The van der Waals surface area contributed by atoms with E-state index < -0.39 is 5.54 Å². The predicted octanol–water partition coefficient (Wildman–Crippen LogP) is 1.61. The molecule has 1 heterocycles. The Kier molecular flexibility index (Phi) is 3.11. The number of nitrogens with one attached hydrogen (secondary N) is 1. The number of hydrogen-bond acceptors (Lipinski definition) is 2. The van der Waals surface area contributed by atoms with Gasteiger partial charge in [0.1, 0.15) is 11.6 Å². The Morgan fingerprint density at radius 3 is 2.58 bits per heavy atom. The van der Waals surface area contributed by atoms with Crippen LogP contribution < -0.4 is 5.32 Å². The van der Waals surface area contributed by atoms with Crippen molar-refractivity contribution in [2.45, 2.75) is 57.0 Å². The fourth-order valence-corrected chi connectivity index (χ4v) is 3.52. The maximum atomic E-state index is 12.7. The van der Waals surface area contributed by atoms with Crippen molar-refractivity contribution in [3.05, 3.63) is 12.2 Å². The molecule has 2 saturated carbocycles. The van der Waals surface area contributed by atoms with E-state index in [1.807, 2.05) is 24.0 Å². The summed E-state index contributed by atoms with van der Waals surface area (Å²) in [6, 6.07) is -0.260. The Bertz CT molecular complexity index is 420. The lowest BCUT2D eigenvalue weighted by molar-refractivity contribution is -0.157. The third kappa shape index (κ3) is 1.97. The number of nitrogens with zero attached hydrogens (tertiary/aromatic N) is 1. The topological polar surface area (TPSA) is 49.4 Å². The fraction of sp³-hybridized carbons (Fsp3) is 0.733. The average molecular weight is 262 g/mol. The minimum absolute atomic E-state index is 0.0889. The van der Waals surface area contributed by atoms with Crippen LogP contribution in [0.2, 0.25) is 0 Å². The van der Waals surface area contributed by atoms with Gasteiger partial charge >= 0.3 is 0 Å². The maximum Gasteiger partial charge on any atom is 0.246 e. The highest BCUT2D eigenvalue weighted by molar-refractivity contribution is 6.00. The molecule has 1 unspecified atom stereocenters. The van der Waals surface area contributed by atoms with Gasteiger partial charge in [-0.1, -0.05) is 25.0 Å². The minimum Gasteiger partial charge on any atom is -0.342 e. The van der Waals surface area contributed by atoms with E-state index in [0.717, 1.165) is 38.5 Å². The van der Waals surface area contributed by atoms with Gasteiger partial charge in [0.2, 0.25) is 11.8 Å². The Morgan fingerprint density at radius 2 is 2.00 bits per heavy atom. The lowest BCUT2D eigenvalue weighted by atomic mass is 9.88. The van der Waals surface area contributed by atoms with Crippen LogP contribution in [0.1, 0.15) is 45.4 Å². The monoisotopic (exact) mass is 262 g/mol. The summed E-state index contributed by atoms with van der Waals surface area (Å²) in [6.07, 6.45) is 9.80. The Balaban J connectivity index is 1.89. The van der Waals surface area contributed by atoms with Gasteiger partial charge in [-0.25, -0.2) is 0 Å². The second-order valence-electron chi connectivity index (χ2n) is 6.05. The highest BCUT2D eigenvalue weighted by atomic mass is 16.2. The van der Waals surface area contributed by atoms with Crippen molar-refractivity contribution in [3.63, 3.8) is 0 Å². The highest BCUT2D eigenvalue weighted by Crippen LogP contribution is 2.42. The van der Waals surface area contributed by atoms with E-state index in [9.17, 15) is 9.59 Å². The summed E-state index contributed by atoms with van der Waals surface area (Å²) < 4.78 is 0. The van der Waals surface area contributed by atoms with Gasteiger partial charge in [-0.05, 0) is 38.5 Å². The lowest BCUT2D eigenvalue weighted by Crippen LogP contribution is -2.70. The second-order valence-corrected chi connectivity index (χ2v) is 6.05. The number of hydrogen-bond donors (Lipinski definition) is 1. The van der Waals surface area contributed by atoms with Crippen molar-refractivity contribution in [3.8, 4) is 0 Å². The summed E-state index contributed by atoms with van der Waals surface area (Å²) in [7, 11) is 0. The largest absolute Gasteiger partial charge is 0.342 e. The van der Waals surface area contributed by atoms with Crippen LogP contribution in [-0.4, -0.2) is 34.8 Å². The molecule has 1 atom stereocenters. The van der Waals surface area contributed by atoms with Gasteiger partial charge in [0.05, 0.1) is 0 Å². The van der Waals surface area contributed by atoms with E-state index in [1.54, 1.807) is 0 Å². The normalized spacial score (nSPS) is 30.4. The quantitative estimate of drug-likeness (QED) is 0.786. The van der Waals surface area contributed by atoms with Crippen LogP contribution in [-0.2, 0) is 9.59 Å². The van der Waals surface area contributed by atoms with Crippen LogP contribution in [0.3, 0.4) is 0 Å². The van der Waals surface area contributed by atoms with Crippen molar-refractivity contribution in [1.82, 2.24) is 10.2 Å². The lowest BCUT2D eigenvalue weighted by Gasteiger charge is -2.46. The number of rotatable bonds is 3. The molecule has 0 aromatic carbocycles. The standard InChI is InChI=1S/C15H22N2O2/c1-2-3-10-17-13(18)12(11-6-7-11)16-14(19)15(17)8-4-5-9-15/h2-3,11-12H,4-10H2,1H3,(H,16,19)/b3-2+. The molecule has 0 aromatic heterocycles. The third-order valence-corrected chi connectivity index (χ3v) is 4.81. The molecule has 2 aliphatic carbocycles. The van der Waals surface area contributed by atoms with Crippen molar-refractivity contribution in [1.29, 1.82) is 0 Å². The molecule has 1 spiro atoms. The molecule has 3 aliphatic rings. The number of piperazine rings is 1. The molecule has 4 heteroatoms. The van der Waals surface area contributed by atoms with E-state index in [-0.39, 0.29) is 17.9 Å². The van der Waals surface area contributed by atoms with E-state index >= 15 is 0 Å². The fourth-order valence-electron chi connectivity index (χ4n) is 3.52. The molecule has 0 bridgehead atoms. The van der Waals surface area contributed by atoms with Crippen LogP contribution in [0.25, 0.3) is 0 Å². The summed E-state index contributed by atoms with van der Waals surface area (Å²) in [5, 5.41) is 3.01. The molecule has 0 aromatic rings. The van der Waals surface area contributed by atoms with E-state index in [1.165, 1.54) is 0 Å². The molecule has 3 rings (SSSR count). The van der Waals surface area contributed by atoms with Crippen LogP contribution in [0.5, 0.6) is 0 Å². The first-order chi connectivity index (χ1) is 9.19. The molecule has 1 aliphatic heterocycles. The first kappa shape index (κ1) is 12.7. The summed E-state index contributed by atoms with van der Waals surface area (Å²) in [6.45, 7) is 2.53. The average Bonchev–Trinajstić information content (AvgIpc) is 3.13. The number of carbonyl (C=O) groups excluding carboxylic acids is 2.